The number of amides is 1. The number of hydrogen-bond acceptors (Lipinski definition) is 3. The summed E-state index contributed by atoms with van der Waals surface area (Å²) in [6.45, 7) is 9.86. The van der Waals surface area contributed by atoms with Crippen LogP contribution < -0.4 is 5.32 Å². The first kappa shape index (κ1) is 16.9. The molecule has 0 atom stereocenters. The lowest BCUT2D eigenvalue weighted by Gasteiger charge is -2.16. The van der Waals surface area contributed by atoms with Crippen LogP contribution in [-0.2, 0) is 22.7 Å². The quantitative estimate of drug-likeness (QED) is 0.548. The minimum Gasteiger partial charge on any atom is -0.360 e. The Morgan fingerprint density at radius 1 is 1.33 bits per heavy atom. The molecule has 128 valence electrons. The predicted molar refractivity (Wildman–Crippen MR) is 98.9 cm³/mol. The molecule has 6 heteroatoms. The Morgan fingerprint density at radius 3 is 2.83 bits per heavy atom. The molecule has 1 aromatic heterocycles. The molecule has 1 heterocycles. The number of anilines is 1. The number of nitrogens with one attached hydrogen (secondary N) is 1. The van der Waals surface area contributed by atoms with E-state index in [4.69, 9.17) is 4.74 Å². The van der Waals surface area contributed by atoms with Gasteiger partial charge in [0.2, 0.25) is 5.91 Å². The second-order valence-electron chi connectivity index (χ2n) is 7.60. The van der Waals surface area contributed by atoms with E-state index in [2.05, 4.69) is 36.1 Å². The van der Waals surface area contributed by atoms with Gasteiger partial charge < -0.3 is 10.1 Å². The van der Waals surface area contributed by atoms with Gasteiger partial charge in [-0.15, -0.1) is 0 Å². The molecule has 0 unspecified atom stereocenters. The van der Waals surface area contributed by atoms with Crippen molar-refractivity contribution in [2.45, 2.75) is 45.8 Å². The summed E-state index contributed by atoms with van der Waals surface area (Å²) in [5.41, 5.74) is 5.62. The monoisotopic (exact) mass is 343 g/mol. The number of rotatable bonds is 6. The summed E-state index contributed by atoms with van der Waals surface area (Å²) in [5.74, 6) is -0.0487. The molecule has 0 saturated heterocycles. The van der Waals surface area contributed by atoms with Gasteiger partial charge in [0, 0.05) is 44.8 Å². The molecule has 3 rings (SSSR count). The fourth-order valence-corrected chi connectivity index (χ4v) is 3.71. The highest BCUT2D eigenvalue weighted by Crippen LogP contribution is 2.37. The van der Waals surface area contributed by atoms with Gasteiger partial charge in [0.25, 0.3) is 0 Å². The summed E-state index contributed by atoms with van der Waals surface area (Å²) in [5, 5.41) is 7.32. The van der Waals surface area contributed by atoms with E-state index in [1.807, 2.05) is 23.0 Å². The molecule has 0 aliphatic heterocycles. The van der Waals surface area contributed by atoms with Crippen molar-refractivity contribution in [3.8, 4) is 11.3 Å². The Balaban J connectivity index is 1.72. The number of ether oxygens (including phenoxy) is 1. The van der Waals surface area contributed by atoms with Crippen LogP contribution in [-0.4, -0.2) is 30.4 Å². The lowest BCUT2D eigenvalue weighted by Crippen LogP contribution is -2.22. The Hall–Kier alpha value is -1.92. The highest BCUT2D eigenvalue weighted by atomic mass is 28.3. The third-order valence-electron chi connectivity index (χ3n) is 4.19. The van der Waals surface area contributed by atoms with Crippen LogP contribution in [0.4, 0.5) is 5.69 Å². The number of fused-ring (bicyclic) bond motifs is 3. The molecule has 1 aliphatic carbocycles. The molecule has 0 saturated carbocycles. The summed E-state index contributed by atoms with van der Waals surface area (Å²) in [6.07, 6.45) is 2.78. The summed E-state index contributed by atoms with van der Waals surface area (Å²) >= 11 is 0. The fourth-order valence-electron chi connectivity index (χ4n) is 2.95. The zero-order chi connectivity index (χ0) is 17.3. The van der Waals surface area contributed by atoms with Crippen LogP contribution in [0.5, 0.6) is 0 Å². The summed E-state index contributed by atoms with van der Waals surface area (Å²) in [7, 11) is -1.07. The smallest absolute Gasteiger partial charge is 0.221 e. The van der Waals surface area contributed by atoms with Crippen molar-refractivity contribution in [3.63, 3.8) is 0 Å². The maximum Gasteiger partial charge on any atom is 0.221 e. The normalized spacial score (nSPS) is 12.8. The standard InChI is InChI=1S/C18H25N3O2Si/c1-13(22)20-16-5-6-17-14(10-16)9-15-11-19-21(18(15)17)12-23-7-8-24(2,3)4/h5-6,10-11H,7-9,12H2,1-4H3,(H,20,22). The molecule has 1 amide bonds. The topological polar surface area (TPSA) is 56.2 Å². The molecule has 24 heavy (non-hydrogen) atoms. The van der Waals surface area contributed by atoms with E-state index < -0.39 is 8.07 Å². The summed E-state index contributed by atoms with van der Waals surface area (Å²) in [6, 6.07) is 7.21. The molecular weight excluding hydrogens is 318 g/mol. The zero-order valence-corrected chi connectivity index (χ0v) is 15.8. The van der Waals surface area contributed by atoms with Gasteiger partial charge in [-0.3, -0.25) is 4.79 Å². The molecule has 1 N–H and O–H groups in total. The first-order valence-electron chi connectivity index (χ1n) is 8.37. The van der Waals surface area contributed by atoms with Crippen LogP contribution in [0.1, 0.15) is 18.1 Å². The van der Waals surface area contributed by atoms with Gasteiger partial charge in [-0.2, -0.15) is 5.10 Å². The first-order chi connectivity index (χ1) is 11.3. The number of nitrogens with zero attached hydrogens (tertiary/aromatic N) is 2. The Labute approximate surface area is 144 Å². The van der Waals surface area contributed by atoms with Crippen LogP contribution in [0.25, 0.3) is 11.3 Å². The van der Waals surface area contributed by atoms with Gasteiger partial charge in [0.15, 0.2) is 0 Å². The Morgan fingerprint density at radius 2 is 2.12 bits per heavy atom. The van der Waals surface area contributed by atoms with Crippen molar-refractivity contribution in [2.24, 2.45) is 0 Å². The first-order valence-corrected chi connectivity index (χ1v) is 12.1. The molecular formula is C18H25N3O2Si. The molecule has 0 bridgehead atoms. The number of aromatic nitrogens is 2. The highest BCUT2D eigenvalue weighted by molar-refractivity contribution is 6.76. The third kappa shape index (κ3) is 3.76. The highest BCUT2D eigenvalue weighted by Gasteiger charge is 2.24. The maximum absolute atomic E-state index is 11.2. The van der Waals surface area contributed by atoms with Crippen LogP contribution in [0.15, 0.2) is 24.4 Å². The largest absolute Gasteiger partial charge is 0.360 e. The molecule has 1 aromatic carbocycles. The van der Waals surface area contributed by atoms with Crippen LogP contribution in [0.3, 0.4) is 0 Å². The van der Waals surface area contributed by atoms with Crippen molar-refractivity contribution >= 4 is 19.7 Å². The minimum atomic E-state index is -1.07. The predicted octanol–water partition coefficient (Wildman–Crippen LogP) is 3.73. The van der Waals surface area contributed by atoms with Crippen LogP contribution in [0.2, 0.25) is 25.7 Å². The fraction of sp³-hybridized carbons (Fsp3) is 0.444. The van der Waals surface area contributed by atoms with E-state index in [0.717, 1.165) is 30.5 Å². The lowest BCUT2D eigenvalue weighted by molar-refractivity contribution is -0.114. The van der Waals surface area contributed by atoms with E-state index in [0.29, 0.717) is 6.73 Å². The van der Waals surface area contributed by atoms with E-state index in [9.17, 15) is 4.79 Å². The average Bonchev–Trinajstić information content (AvgIpc) is 3.00. The summed E-state index contributed by atoms with van der Waals surface area (Å²) < 4.78 is 7.80. The Kier molecular flexibility index (Phi) is 4.60. The molecule has 0 fully saturated rings. The van der Waals surface area contributed by atoms with Gasteiger partial charge in [0.05, 0.1) is 11.9 Å². The van der Waals surface area contributed by atoms with Gasteiger partial charge in [-0.05, 0) is 23.7 Å². The molecule has 0 spiro atoms. The van der Waals surface area contributed by atoms with Crippen LogP contribution in [0, 0.1) is 0 Å². The number of hydrogen-bond donors (Lipinski definition) is 1. The second kappa shape index (κ2) is 6.53. The molecule has 1 aliphatic rings. The van der Waals surface area contributed by atoms with Crippen molar-refractivity contribution in [1.29, 1.82) is 0 Å². The zero-order valence-electron chi connectivity index (χ0n) is 14.8. The van der Waals surface area contributed by atoms with E-state index in [1.54, 1.807) is 0 Å². The molecule has 0 radical (unpaired) electrons. The average molecular weight is 344 g/mol. The van der Waals surface area contributed by atoms with Crippen molar-refractivity contribution in [2.75, 3.05) is 11.9 Å². The van der Waals surface area contributed by atoms with E-state index in [1.165, 1.54) is 23.6 Å². The number of benzene rings is 1. The van der Waals surface area contributed by atoms with Gasteiger partial charge in [0.1, 0.15) is 6.73 Å². The van der Waals surface area contributed by atoms with Gasteiger partial charge in [-0.25, -0.2) is 4.68 Å². The third-order valence-corrected chi connectivity index (χ3v) is 5.89. The van der Waals surface area contributed by atoms with Crippen molar-refractivity contribution < 1.29 is 9.53 Å². The second-order valence-corrected chi connectivity index (χ2v) is 13.2. The summed E-state index contributed by atoms with van der Waals surface area (Å²) in [4.78, 5) is 11.2. The number of carbonyl (C=O) groups excluding carboxylic acids is 1. The Bertz CT molecular complexity index is 762. The van der Waals surface area contributed by atoms with Crippen molar-refractivity contribution in [1.82, 2.24) is 9.78 Å². The molecule has 5 nitrogen and oxygen atoms in total. The van der Waals surface area contributed by atoms with E-state index >= 15 is 0 Å². The van der Waals surface area contributed by atoms with Crippen molar-refractivity contribution in [3.05, 3.63) is 35.5 Å². The molecule has 2 aromatic rings. The van der Waals surface area contributed by atoms with Gasteiger partial charge in [-0.1, -0.05) is 25.7 Å². The SMILES string of the molecule is CC(=O)Nc1ccc2c(c1)Cc1cnn(COCC[Si](C)(C)C)c1-2. The lowest BCUT2D eigenvalue weighted by atomic mass is 10.1. The van der Waals surface area contributed by atoms with E-state index in [-0.39, 0.29) is 5.91 Å². The number of carbonyl (C=O) groups is 1. The van der Waals surface area contributed by atoms with Crippen LogP contribution >= 0.6 is 0 Å². The minimum absolute atomic E-state index is 0.0487. The maximum atomic E-state index is 11.2. The van der Waals surface area contributed by atoms with Gasteiger partial charge >= 0.3 is 0 Å².